The van der Waals surface area contributed by atoms with Crippen LogP contribution in [0.2, 0.25) is 0 Å². The molecule has 0 fully saturated rings. The standard InChI is InChI=1S/4FH.H2O.Zr/h4*1H;1H2;/q;;;;;+4/p-4. The zero-order chi connectivity index (χ0) is 0. The molecule has 0 aliphatic carbocycles. The maximum atomic E-state index is 0. The van der Waals surface area contributed by atoms with E-state index in [1.54, 1.807) is 0 Å². The van der Waals surface area contributed by atoms with Gasteiger partial charge in [-0.1, -0.05) is 0 Å². The molecule has 0 radical (unpaired) electrons. The predicted molar refractivity (Wildman–Crippen MR) is 3.61 cm³/mol. The van der Waals surface area contributed by atoms with Crippen LogP contribution in [0.1, 0.15) is 0 Å². The molecule has 0 aromatic rings. The molecule has 40 valence electrons. The van der Waals surface area contributed by atoms with Crippen molar-refractivity contribution in [2.45, 2.75) is 0 Å². The third kappa shape index (κ3) is 183. The number of rotatable bonds is 0. The summed E-state index contributed by atoms with van der Waals surface area (Å²) in [6, 6.07) is 0. The molecule has 0 heterocycles. The van der Waals surface area contributed by atoms with E-state index in [4.69, 9.17) is 0 Å². The minimum Gasteiger partial charge on any atom is -1.00 e. The molecule has 0 saturated heterocycles. The molecule has 0 aromatic heterocycles. The smallest absolute Gasteiger partial charge is 1.00 e. The van der Waals surface area contributed by atoms with Crippen LogP contribution in [0.15, 0.2) is 0 Å². The second kappa shape index (κ2) is 365. The summed E-state index contributed by atoms with van der Waals surface area (Å²) in [5, 5.41) is 0. The largest absolute Gasteiger partial charge is 4.00 e. The van der Waals surface area contributed by atoms with Crippen molar-refractivity contribution in [2.24, 2.45) is 0 Å². The van der Waals surface area contributed by atoms with E-state index in [9.17, 15) is 0 Å². The van der Waals surface area contributed by atoms with Crippen molar-refractivity contribution >= 4 is 0 Å². The average molecular weight is 185 g/mol. The van der Waals surface area contributed by atoms with Gasteiger partial charge in [0.05, 0.1) is 0 Å². The average Bonchev–Trinajstić information content (AvgIpc) is 0. The minimum atomic E-state index is 0. The van der Waals surface area contributed by atoms with Crippen LogP contribution in [0.25, 0.3) is 0 Å². The SMILES string of the molecule is O.[F-].[F-].[F-].[F-].[Zr+4]. The molecule has 0 unspecified atom stereocenters. The van der Waals surface area contributed by atoms with E-state index in [1.165, 1.54) is 0 Å². The Balaban J connectivity index is 0. The van der Waals surface area contributed by atoms with E-state index < -0.39 is 0 Å². The molecular formula is H2F4OZr. The third-order valence-electron chi connectivity index (χ3n) is 0. The number of hydrogen-bond acceptors (Lipinski definition) is 0. The maximum Gasteiger partial charge on any atom is 4.00 e. The molecule has 0 spiro atoms. The zero-order valence-electron chi connectivity index (χ0n) is 2.51. The van der Waals surface area contributed by atoms with Crippen LogP contribution in [0, 0.1) is 0 Å². The van der Waals surface area contributed by atoms with Crippen molar-refractivity contribution in [2.75, 3.05) is 0 Å². The molecule has 0 rings (SSSR count). The van der Waals surface area contributed by atoms with E-state index >= 15 is 0 Å². The Morgan fingerprint density at radius 2 is 0.500 bits per heavy atom. The molecular weight excluding hydrogens is 183 g/mol. The summed E-state index contributed by atoms with van der Waals surface area (Å²) in [7, 11) is 0. The number of hydrogen-bond donors (Lipinski definition) is 0. The Kier molecular flexibility index (Phi) is 39000. The van der Waals surface area contributed by atoms with Gasteiger partial charge in [0.15, 0.2) is 0 Å². The maximum absolute atomic E-state index is 0. The van der Waals surface area contributed by atoms with E-state index in [-0.39, 0.29) is 50.5 Å². The van der Waals surface area contributed by atoms with Crippen LogP contribution >= 0.6 is 0 Å². The fraction of sp³-hybridized carbons (Fsp3) is 0. The van der Waals surface area contributed by atoms with Crippen LogP contribution in [-0.4, -0.2) is 5.48 Å². The van der Waals surface area contributed by atoms with Gasteiger partial charge in [0.1, 0.15) is 0 Å². The van der Waals surface area contributed by atoms with Crippen LogP contribution in [0.4, 0.5) is 0 Å². The summed E-state index contributed by atoms with van der Waals surface area (Å²) in [6.45, 7) is 0. The van der Waals surface area contributed by atoms with Gasteiger partial charge in [-0.3, -0.25) is 0 Å². The van der Waals surface area contributed by atoms with Gasteiger partial charge in [-0.15, -0.1) is 0 Å². The first-order valence-corrected chi connectivity index (χ1v) is 0. The van der Waals surface area contributed by atoms with Gasteiger partial charge >= 0.3 is 26.2 Å². The monoisotopic (exact) mass is 184 g/mol. The Labute approximate surface area is 51.0 Å². The quantitative estimate of drug-likeness (QED) is 0.336. The van der Waals surface area contributed by atoms with Crippen LogP contribution in [0.5, 0.6) is 0 Å². The minimum absolute atomic E-state index is 0. The molecule has 0 amide bonds. The first-order chi connectivity index (χ1) is 0. The van der Waals surface area contributed by atoms with Crippen LogP contribution < -0.4 is 18.8 Å². The molecule has 2 N–H and O–H groups in total. The van der Waals surface area contributed by atoms with Gasteiger partial charge in [-0.2, -0.15) is 0 Å². The third-order valence-corrected chi connectivity index (χ3v) is 0. The molecule has 6 heteroatoms. The zero-order valence-corrected chi connectivity index (χ0v) is 4.97. The Hall–Kier alpha value is 0.563. The van der Waals surface area contributed by atoms with Crippen molar-refractivity contribution in [3.8, 4) is 0 Å². The Bertz CT molecular complexity index is 7.51. The molecule has 0 aliphatic rings. The molecule has 0 atom stereocenters. The second-order valence-electron chi connectivity index (χ2n) is 0. The van der Waals surface area contributed by atoms with Gasteiger partial charge in [-0.05, 0) is 0 Å². The van der Waals surface area contributed by atoms with Crippen molar-refractivity contribution in [1.29, 1.82) is 0 Å². The summed E-state index contributed by atoms with van der Waals surface area (Å²) < 4.78 is 0. The molecule has 0 saturated carbocycles. The van der Waals surface area contributed by atoms with E-state index in [0.717, 1.165) is 0 Å². The van der Waals surface area contributed by atoms with E-state index in [2.05, 4.69) is 0 Å². The summed E-state index contributed by atoms with van der Waals surface area (Å²) in [5.41, 5.74) is 0. The summed E-state index contributed by atoms with van der Waals surface area (Å²) >= 11 is 0. The summed E-state index contributed by atoms with van der Waals surface area (Å²) in [6.07, 6.45) is 0. The second-order valence-corrected chi connectivity index (χ2v) is 0. The molecule has 0 aromatic carbocycles. The fourth-order valence-corrected chi connectivity index (χ4v) is 0. The predicted octanol–water partition coefficient (Wildman–Crippen LogP) is -12.8. The van der Waals surface area contributed by atoms with E-state index in [0.29, 0.717) is 0 Å². The molecule has 0 aliphatic heterocycles. The molecule has 6 heavy (non-hydrogen) atoms. The molecule has 0 bridgehead atoms. The van der Waals surface area contributed by atoms with Crippen molar-refractivity contribution < 1.29 is 50.5 Å². The van der Waals surface area contributed by atoms with E-state index in [1.807, 2.05) is 0 Å². The van der Waals surface area contributed by atoms with Gasteiger partial charge in [0, 0.05) is 0 Å². The Morgan fingerprint density at radius 3 is 0.500 bits per heavy atom. The summed E-state index contributed by atoms with van der Waals surface area (Å²) in [4.78, 5) is 0. The van der Waals surface area contributed by atoms with Gasteiger partial charge in [0.2, 0.25) is 0 Å². The molecule has 1 nitrogen and oxygen atoms in total. The topological polar surface area (TPSA) is 31.5 Å². The van der Waals surface area contributed by atoms with Crippen LogP contribution in [-0.2, 0) is 26.2 Å². The first kappa shape index (κ1) is 641. The summed E-state index contributed by atoms with van der Waals surface area (Å²) in [5.74, 6) is 0. The van der Waals surface area contributed by atoms with Gasteiger partial charge < -0.3 is 24.3 Å². The first-order valence-electron chi connectivity index (χ1n) is 0. The normalized spacial score (nSPS) is 0. The number of halogens is 4. The Morgan fingerprint density at radius 1 is 0.500 bits per heavy atom. The van der Waals surface area contributed by atoms with Gasteiger partial charge in [0.25, 0.3) is 0 Å². The van der Waals surface area contributed by atoms with Crippen LogP contribution in [0.3, 0.4) is 0 Å². The van der Waals surface area contributed by atoms with Crippen molar-refractivity contribution in [3.63, 3.8) is 0 Å². The van der Waals surface area contributed by atoms with Gasteiger partial charge in [-0.25, -0.2) is 0 Å². The fourth-order valence-electron chi connectivity index (χ4n) is 0. The van der Waals surface area contributed by atoms with Crippen molar-refractivity contribution in [3.05, 3.63) is 0 Å². The van der Waals surface area contributed by atoms with Crippen molar-refractivity contribution in [1.82, 2.24) is 0 Å².